The highest BCUT2D eigenvalue weighted by molar-refractivity contribution is 5.92. The summed E-state index contributed by atoms with van der Waals surface area (Å²) in [5, 5.41) is 0. The van der Waals surface area contributed by atoms with Gasteiger partial charge in [-0.3, -0.25) is 4.79 Å². The quantitative estimate of drug-likeness (QED) is 0.778. The van der Waals surface area contributed by atoms with Gasteiger partial charge < -0.3 is 20.2 Å². The van der Waals surface area contributed by atoms with Crippen LogP contribution in [0.25, 0.3) is 0 Å². The van der Waals surface area contributed by atoms with Gasteiger partial charge in [-0.05, 0) is 0 Å². The van der Waals surface area contributed by atoms with Gasteiger partial charge in [0.1, 0.15) is 5.56 Å². The lowest BCUT2D eigenvalue weighted by Gasteiger charge is -2.14. The number of methoxy groups -OCH3 is 1. The Labute approximate surface area is 98.5 Å². The van der Waals surface area contributed by atoms with E-state index in [0.29, 0.717) is 6.07 Å². The zero-order valence-electron chi connectivity index (χ0n) is 9.13. The smallest absolute Gasteiger partial charge is 0.465 e. The number of H-pyrrole nitrogens is 1. The second-order valence-corrected chi connectivity index (χ2v) is 3.10. The van der Waals surface area contributed by atoms with E-state index in [9.17, 15) is 22.8 Å². The summed E-state index contributed by atoms with van der Waals surface area (Å²) in [6.45, 7) is -0.439. The number of aromatic nitrogens is 1. The molecule has 0 radical (unpaired) electrons. The van der Waals surface area contributed by atoms with Crippen molar-refractivity contribution in [2.24, 2.45) is 5.73 Å². The average Bonchev–Trinajstić information content (AvgIpc) is 2.28. The van der Waals surface area contributed by atoms with Crippen molar-refractivity contribution < 1.29 is 27.4 Å². The van der Waals surface area contributed by atoms with Gasteiger partial charge in [-0.2, -0.15) is 0 Å². The van der Waals surface area contributed by atoms with Gasteiger partial charge in [0.25, 0.3) is 0 Å². The summed E-state index contributed by atoms with van der Waals surface area (Å²) in [6, 6.07) is 0.645. The Morgan fingerprint density at radius 3 is 2.56 bits per heavy atom. The molecule has 0 unspecified atom stereocenters. The van der Waals surface area contributed by atoms with Gasteiger partial charge in [-0.25, -0.2) is 4.79 Å². The van der Waals surface area contributed by atoms with E-state index in [0.717, 1.165) is 7.11 Å². The molecule has 0 spiro atoms. The fraction of sp³-hybridized carbons (Fsp3) is 0.333. The minimum Gasteiger partial charge on any atom is -0.465 e. The maximum absolute atomic E-state index is 12.2. The minimum atomic E-state index is -5.02. The second kappa shape index (κ2) is 5.08. The predicted molar refractivity (Wildman–Crippen MR) is 53.0 cm³/mol. The van der Waals surface area contributed by atoms with Crippen LogP contribution < -0.4 is 16.0 Å². The maximum atomic E-state index is 12.2. The van der Waals surface area contributed by atoms with Crippen molar-refractivity contribution in [2.75, 3.05) is 7.11 Å². The molecule has 1 rings (SSSR count). The first-order valence-corrected chi connectivity index (χ1v) is 4.58. The van der Waals surface area contributed by atoms with Crippen molar-refractivity contribution in [2.45, 2.75) is 12.9 Å². The van der Waals surface area contributed by atoms with Crippen molar-refractivity contribution in [1.29, 1.82) is 0 Å². The third-order valence-corrected chi connectivity index (χ3v) is 1.90. The number of pyridine rings is 1. The molecule has 0 amide bonds. The molecule has 3 N–H and O–H groups in total. The molecule has 1 aromatic rings. The van der Waals surface area contributed by atoms with Crippen molar-refractivity contribution in [3.63, 3.8) is 0 Å². The van der Waals surface area contributed by atoms with Crippen LogP contribution in [0, 0.1) is 0 Å². The number of halogens is 3. The molecule has 100 valence electrons. The number of rotatable bonds is 3. The molecule has 0 aliphatic heterocycles. The van der Waals surface area contributed by atoms with E-state index in [-0.39, 0.29) is 5.69 Å². The number of nitrogens with one attached hydrogen (secondary N) is 1. The van der Waals surface area contributed by atoms with Crippen molar-refractivity contribution in [1.82, 2.24) is 4.98 Å². The molecule has 0 aliphatic carbocycles. The fourth-order valence-electron chi connectivity index (χ4n) is 1.24. The zero-order chi connectivity index (χ0) is 13.9. The summed E-state index contributed by atoms with van der Waals surface area (Å²) in [7, 11) is 0.961. The number of aromatic amines is 1. The molecule has 1 heterocycles. The number of esters is 1. The first kappa shape index (κ1) is 14.0. The maximum Gasteiger partial charge on any atom is 0.573 e. The molecular formula is C9H9F3N2O4. The third-order valence-electron chi connectivity index (χ3n) is 1.90. The summed E-state index contributed by atoms with van der Waals surface area (Å²) < 4.78 is 44.5. The number of hydrogen-bond acceptors (Lipinski definition) is 5. The highest BCUT2D eigenvalue weighted by atomic mass is 19.4. The summed E-state index contributed by atoms with van der Waals surface area (Å²) in [5.41, 5.74) is 3.41. The average molecular weight is 266 g/mol. The summed E-state index contributed by atoms with van der Waals surface area (Å²) in [6.07, 6.45) is -5.02. The number of carbonyl (C=O) groups is 1. The summed E-state index contributed by atoms with van der Waals surface area (Å²) in [4.78, 5) is 24.5. The summed E-state index contributed by atoms with van der Waals surface area (Å²) in [5.74, 6) is -1.99. The molecule has 9 heteroatoms. The van der Waals surface area contributed by atoms with Crippen LogP contribution in [-0.2, 0) is 11.3 Å². The minimum absolute atomic E-state index is 0.347. The van der Waals surface area contributed by atoms with E-state index in [1.54, 1.807) is 0 Å². The molecule has 6 nitrogen and oxygen atoms in total. The summed E-state index contributed by atoms with van der Waals surface area (Å²) >= 11 is 0. The van der Waals surface area contributed by atoms with Crippen LogP contribution in [-0.4, -0.2) is 24.4 Å². The van der Waals surface area contributed by atoms with Crippen molar-refractivity contribution in [3.8, 4) is 5.75 Å². The van der Waals surface area contributed by atoms with Gasteiger partial charge >= 0.3 is 12.3 Å². The lowest BCUT2D eigenvalue weighted by molar-refractivity contribution is -0.275. The topological polar surface area (TPSA) is 94.4 Å². The van der Waals surface area contributed by atoms with Gasteiger partial charge in [-0.1, -0.05) is 0 Å². The highest BCUT2D eigenvalue weighted by Gasteiger charge is 2.34. The van der Waals surface area contributed by atoms with E-state index >= 15 is 0 Å². The number of ether oxygens (including phenoxy) is 2. The lowest BCUT2D eigenvalue weighted by atomic mass is 10.2. The first-order chi connectivity index (χ1) is 8.28. The van der Waals surface area contributed by atoms with Crippen LogP contribution in [0.3, 0.4) is 0 Å². The molecule has 0 saturated heterocycles. The van der Waals surface area contributed by atoms with Crippen LogP contribution in [0.5, 0.6) is 5.75 Å². The fourth-order valence-corrected chi connectivity index (χ4v) is 1.24. The zero-order valence-corrected chi connectivity index (χ0v) is 9.13. The van der Waals surface area contributed by atoms with Crippen LogP contribution in [0.15, 0.2) is 10.9 Å². The molecule has 0 aromatic carbocycles. The largest absolute Gasteiger partial charge is 0.573 e. The van der Waals surface area contributed by atoms with Crippen LogP contribution in [0.1, 0.15) is 16.1 Å². The van der Waals surface area contributed by atoms with Gasteiger partial charge in [-0.15, -0.1) is 13.2 Å². The SMILES string of the molecule is COC(=O)c1cc(=O)[nH]c(CN)c1OC(F)(F)F. The number of carbonyl (C=O) groups excluding carboxylic acids is 1. The van der Waals surface area contributed by atoms with E-state index in [1.165, 1.54) is 0 Å². The Balaban J connectivity index is 3.42. The molecule has 18 heavy (non-hydrogen) atoms. The monoisotopic (exact) mass is 266 g/mol. The van der Waals surface area contributed by atoms with E-state index in [4.69, 9.17) is 5.73 Å². The van der Waals surface area contributed by atoms with Crippen LogP contribution in [0.4, 0.5) is 13.2 Å². The van der Waals surface area contributed by atoms with E-state index < -0.39 is 35.7 Å². The second-order valence-electron chi connectivity index (χ2n) is 3.10. The number of alkyl halides is 3. The molecule has 0 bridgehead atoms. The van der Waals surface area contributed by atoms with Gasteiger partial charge in [0.2, 0.25) is 5.56 Å². The van der Waals surface area contributed by atoms with E-state index in [1.807, 2.05) is 0 Å². The molecule has 0 saturated carbocycles. The molecule has 1 aromatic heterocycles. The predicted octanol–water partition coefficient (Wildman–Crippen LogP) is 0.519. The Hall–Kier alpha value is -2.03. The standard InChI is InChI=1S/C9H9F3N2O4/c1-17-8(16)4-2-6(15)14-5(3-13)7(4)18-9(10,11)12/h2H,3,13H2,1H3,(H,14,15). The van der Waals surface area contributed by atoms with Gasteiger partial charge in [0, 0.05) is 12.6 Å². The Bertz CT molecular complexity index is 510. The Morgan fingerprint density at radius 2 is 2.11 bits per heavy atom. The van der Waals surface area contributed by atoms with Crippen molar-refractivity contribution in [3.05, 3.63) is 27.7 Å². The van der Waals surface area contributed by atoms with Gasteiger partial charge in [0.05, 0.1) is 12.8 Å². The molecule has 0 aliphatic rings. The van der Waals surface area contributed by atoms with Crippen molar-refractivity contribution >= 4 is 5.97 Å². The van der Waals surface area contributed by atoms with Gasteiger partial charge in [0.15, 0.2) is 5.75 Å². The van der Waals surface area contributed by atoms with Crippen LogP contribution in [0.2, 0.25) is 0 Å². The molecular weight excluding hydrogens is 257 g/mol. The normalized spacial score (nSPS) is 11.2. The third kappa shape index (κ3) is 3.23. The molecule has 0 fully saturated rings. The first-order valence-electron chi connectivity index (χ1n) is 4.58. The van der Waals surface area contributed by atoms with Crippen LogP contribution >= 0.6 is 0 Å². The number of hydrogen-bond donors (Lipinski definition) is 2. The number of nitrogens with two attached hydrogens (primary N) is 1. The van der Waals surface area contributed by atoms with E-state index in [2.05, 4.69) is 14.5 Å². The lowest BCUT2D eigenvalue weighted by Crippen LogP contribution is -2.24. The molecule has 0 atom stereocenters. The Kier molecular flexibility index (Phi) is 3.96. The Morgan fingerprint density at radius 1 is 1.50 bits per heavy atom. The highest BCUT2D eigenvalue weighted by Crippen LogP contribution is 2.28.